The van der Waals surface area contributed by atoms with E-state index < -0.39 is 36.0 Å². The number of benzene rings is 2. The SMILES string of the molecule is CO/N=C(\C(=O)NC1C(=O)N2C(C(=O)OC(c3ccccc3)c3ccccc3)=C(CSc3ccncc3)OCC12)c1csc(N)n1. The molecule has 0 spiro atoms. The van der Waals surface area contributed by atoms with Gasteiger partial charge < -0.3 is 25.4 Å². The second-order valence-electron chi connectivity index (χ2n) is 10.1. The van der Waals surface area contributed by atoms with Crippen molar-refractivity contribution in [1.82, 2.24) is 20.2 Å². The Morgan fingerprint density at radius 2 is 1.78 bits per heavy atom. The molecule has 0 bridgehead atoms. The number of hydrogen-bond acceptors (Lipinski definition) is 12. The van der Waals surface area contributed by atoms with Crippen LogP contribution in [0.25, 0.3) is 0 Å². The fraction of sp³-hybridized carbons (Fsp3) is 0.188. The lowest BCUT2D eigenvalue weighted by Crippen LogP contribution is -2.73. The first kappa shape index (κ1) is 30.8. The van der Waals surface area contributed by atoms with E-state index in [-0.39, 0.29) is 34.6 Å². The zero-order valence-corrected chi connectivity index (χ0v) is 26.1. The van der Waals surface area contributed by atoms with Gasteiger partial charge in [-0.3, -0.25) is 19.5 Å². The molecule has 1 fully saturated rings. The predicted octanol–water partition coefficient (Wildman–Crippen LogP) is 3.53. The van der Waals surface area contributed by atoms with Gasteiger partial charge >= 0.3 is 5.97 Å². The summed E-state index contributed by atoms with van der Waals surface area (Å²) in [7, 11) is 1.29. The summed E-state index contributed by atoms with van der Waals surface area (Å²) in [5.41, 5.74) is 7.31. The highest BCUT2D eigenvalue weighted by atomic mass is 32.2. The van der Waals surface area contributed by atoms with Crippen LogP contribution in [0.15, 0.2) is 112 Å². The Morgan fingerprint density at radius 3 is 2.39 bits per heavy atom. The van der Waals surface area contributed by atoms with Crippen LogP contribution in [0.1, 0.15) is 22.9 Å². The Morgan fingerprint density at radius 1 is 1.11 bits per heavy atom. The lowest BCUT2D eigenvalue weighted by atomic mass is 9.92. The summed E-state index contributed by atoms with van der Waals surface area (Å²) in [4.78, 5) is 56.3. The van der Waals surface area contributed by atoms with Crippen LogP contribution in [-0.4, -0.2) is 69.9 Å². The maximum atomic E-state index is 14.1. The molecule has 1 saturated heterocycles. The molecule has 4 aromatic rings. The molecule has 234 valence electrons. The zero-order valence-electron chi connectivity index (χ0n) is 24.4. The summed E-state index contributed by atoms with van der Waals surface area (Å²) in [5.74, 6) is -1.37. The molecule has 6 rings (SSSR count). The van der Waals surface area contributed by atoms with Crippen LogP contribution < -0.4 is 11.1 Å². The highest BCUT2D eigenvalue weighted by molar-refractivity contribution is 7.99. The molecule has 0 radical (unpaired) electrons. The zero-order chi connectivity index (χ0) is 32.0. The summed E-state index contributed by atoms with van der Waals surface area (Å²) >= 11 is 2.56. The van der Waals surface area contributed by atoms with E-state index in [4.69, 9.17) is 20.0 Å². The molecule has 3 N–H and O–H groups in total. The number of nitrogens with zero attached hydrogens (tertiary/aromatic N) is 4. The molecule has 46 heavy (non-hydrogen) atoms. The highest BCUT2D eigenvalue weighted by Crippen LogP contribution is 2.37. The van der Waals surface area contributed by atoms with E-state index in [1.807, 2.05) is 72.8 Å². The number of nitrogen functional groups attached to an aromatic ring is 1. The lowest BCUT2D eigenvalue weighted by Gasteiger charge is -2.49. The Labute approximate surface area is 272 Å². The minimum absolute atomic E-state index is 0.0109. The number of amides is 2. The number of carbonyl (C=O) groups excluding carboxylic acids is 3. The van der Waals surface area contributed by atoms with E-state index in [1.54, 1.807) is 17.8 Å². The monoisotopic (exact) mass is 656 g/mol. The quantitative estimate of drug-likeness (QED) is 0.0804. The number of thiazole rings is 1. The standard InChI is InChI=1S/C32H28N6O6S2/c1-42-37-25(22-17-46-32(33)35-22)29(39)36-26-23-16-43-24(18-45-21-12-14-34-15-13-21)27(38(23)30(26)40)31(41)44-28(19-8-4-2-5-9-19)20-10-6-3-7-11-20/h2-15,17,23,26,28H,16,18H2,1H3,(H2,33,35)(H,36,39)/b37-25-. The predicted molar refractivity (Wildman–Crippen MR) is 171 cm³/mol. The first-order chi connectivity index (χ1) is 22.4. The summed E-state index contributed by atoms with van der Waals surface area (Å²) in [6.45, 7) is 0.0426. The van der Waals surface area contributed by atoms with Crippen molar-refractivity contribution in [3.05, 3.63) is 119 Å². The molecule has 0 saturated carbocycles. The van der Waals surface area contributed by atoms with Crippen molar-refractivity contribution >= 4 is 51.7 Å². The third-order valence-corrected chi connectivity index (χ3v) is 8.93. The minimum atomic E-state index is -0.998. The van der Waals surface area contributed by atoms with Crippen LogP contribution in [0.3, 0.4) is 0 Å². The molecule has 12 nitrogen and oxygen atoms in total. The second kappa shape index (κ2) is 13.8. The molecule has 2 aromatic heterocycles. The largest absolute Gasteiger partial charge is 0.492 e. The fourth-order valence-electron chi connectivity index (χ4n) is 5.09. The van der Waals surface area contributed by atoms with E-state index in [2.05, 4.69) is 20.4 Å². The van der Waals surface area contributed by atoms with Crippen molar-refractivity contribution < 1.29 is 28.7 Å². The number of thioether (sulfide) groups is 1. The third-order valence-electron chi connectivity index (χ3n) is 7.24. The summed E-state index contributed by atoms with van der Waals surface area (Å²) < 4.78 is 12.3. The van der Waals surface area contributed by atoms with Gasteiger partial charge in [-0.15, -0.1) is 23.1 Å². The number of β-lactam (4-membered cyclic amide) rings is 1. The highest BCUT2D eigenvalue weighted by Gasteiger charge is 2.55. The van der Waals surface area contributed by atoms with Gasteiger partial charge in [-0.1, -0.05) is 65.8 Å². The maximum absolute atomic E-state index is 14.1. The number of ether oxygens (including phenoxy) is 2. The number of nitrogens with two attached hydrogens (primary N) is 1. The van der Waals surface area contributed by atoms with Gasteiger partial charge in [0.15, 0.2) is 22.6 Å². The summed E-state index contributed by atoms with van der Waals surface area (Å²) in [6, 6.07) is 20.7. The lowest BCUT2D eigenvalue weighted by molar-refractivity contribution is -0.163. The second-order valence-corrected chi connectivity index (χ2v) is 12.0. The van der Waals surface area contributed by atoms with E-state index in [1.165, 1.54) is 23.8 Å². The Hall–Kier alpha value is -5.21. The molecule has 2 aliphatic rings. The first-order valence-electron chi connectivity index (χ1n) is 14.1. The number of anilines is 1. The Bertz CT molecular complexity index is 1740. The van der Waals surface area contributed by atoms with Crippen molar-refractivity contribution in [3.63, 3.8) is 0 Å². The number of hydrogen-bond donors (Lipinski definition) is 2. The van der Waals surface area contributed by atoms with E-state index in [9.17, 15) is 14.4 Å². The number of fused-ring (bicyclic) bond motifs is 1. The Kier molecular flexibility index (Phi) is 9.26. The average molecular weight is 657 g/mol. The van der Waals surface area contributed by atoms with Gasteiger partial charge in [-0.05, 0) is 23.3 Å². The molecule has 2 unspecified atom stereocenters. The number of nitrogens with one attached hydrogen (secondary N) is 1. The van der Waals surface area contributed by atoms with Crippen molar-refractivity contribution in [2.45, 2.75) is 23.1 Å². The Balaban J connectivity index is 1.28. The van der Waals surface area contributed by atoms with E-state index in [0.717, 1.165) is 27.4 Å². The summed E-state index contributed by atoms with van der Waals surface area (Å²) in [6.07, 6.45) is 2.59. The van der Waals surface area contributed by atoms with Crippen LogP contribution in [0.5, 0.6) is 0 Å². The van der Waals surface area contributed by atoms with Crippen LogP contribution in [0.4, 0.5) is 5.13 Å². The van der Waals surface area contributed by atoms with Gasteiger partial charge in [0.25, 0.3) is 11.8 Å². The van der Waals surface area contributed by atoms with Gasteiger partial charge in [0.2, 0.25) is 0 Å². The van der Waals surface area contributed by atoms with Gasteiger partial charge in [0.05, 0.1) is 5.75 Å². The van der Waals surface area contributed by atoms with E-state index in [0.29, 0.717) is 5.76 Å². The molecule has 2 aliphatic heterocycles. The first-order valence-corrected chi connectivity index (χ1v) is 16.0. The van der Waals surface area contributed by atoms with Crippen molar-refractivity contribution in [2.24, 2.45) is 5.16 Å². The average Bonchev–Trinajstić information content (AvgIpc) is 3.53. The molecule has 0 aliphatic carbocycles. The number of oxime groups is 1. The number of rotatable bonds is 11. The maximum Gasteiger partial charge on any atom is 0.359 e. The van der Waals surface area contributed by atoms with Crippen LogP contribution in [0.2, 0.25) is 0 Å². The molecule has 2 amide bonds. The van der Waals surface area contributed by atoms with Crippen LogP contribution in [-0.2, 0) is 28.7 Å². The van der Waals surface area contributed by atoms with Gasteiger partial charge in [-0.2, -0.15) is 0 Å². The van der Waals surface area contributed by atoms with Crippen molar-refractivity contribution in [3.8, 4) is 0 Å². The number of aromatic nitrogens is 2. The molecule has 14 heteroatoms. The topological polar surface area (TPSA) is 158 Å². The molecule has 2 aromatic carbocycles. The molecule has 2 atom stereocenters. The normalized spacial score (nSPS) is 17.6. The smallest absolute Gasteiger partial charge is 0.359 e. The number of carbonyl (C=O) groups is 3. The van der Waals surface area contributed by atoms with Gasteiger partial charge in [0.1, 0.15) is 37.3 Å². The molecule has 4 heterocycles. The number of esters is 1. The molecular formula is C32H28N6O6S2. The number of pyridine rings is 1. The van der Waals surface area contributed by atoms with Gasteiger partial charge in [-0.25, -0.2) is 9.78 Å². The van der Waals surface area contributed by atoms with E-state index >= 15 is 0 Å². The van der Waals surface area contributed by atoms with Crippen molar-refractivity contribution in [1.29, 1.82) is 0 Å². The summed E-state index contributed by atoms with van der Waals surface area (Å²) in [5, 5.41) is 8.30. The molecular weight excluding hydrogens is 629 g/mol. The van der Waals surface area contributed by atoms with Gasteiger partial charge in [0, 0.05) is 22.7 Å². The fourth-order valence-corrected chi connectivity index (χ4v) is 6.47. The third kappa shape index (κ3) is 6.43. The minimum Gasteiger partial charge on any atom is -0.492 e. The van der Waals surface area contributed by atoms with Crippen LogP contribution in [0, 0.1) is 0 Å². The van der Waals surface area contributed by atoms with Crippen LogP contribution >= 0.6 is 23.1 Å². The van der Waals surface area contributed by atoms with Crippen molar-refractivity contribution in [2.75, 3.05) is 25.2 Å².